The molecule has 0 radical (unpaired) electrons. The quantitative estimate of drug-likeness (QED) is 0.512. The molecule has 2 heterocycles. The first-order valence-electron chi connectivity index (χ1n) is 5.16. The highest BCUT2D eigenvalue weighted by atomic mass is 32.2. The molecule has 0 saturated heterocycles. The van der Waals surface area contributed by atoms with Gasteiger partial charge in [0.2, 0.25) is 0 Å². The standard InChI is InChI=1S/C12H14S4/c1-9(2)12(15-10-5-3-7-13-10)16-11-6-4-8-14-11/h3-9,12H,1-2H3. The fraction of sp³-hybridized carbons (Fsp3) is 0.333. The molecule has 0 aliphatic rings. The molecule has 4 heteroatoms. The summed E-state index contributed by atoms with van der Waals surface area (Å²) < 4.78 is 3.45. The van der Waals surface area contributed by atoms with Crippen molar-refractivity contribution in [3.63, 3.8) is 0 Å². The number of hydrogen-bond donors (Lipinski definition) is 0. The van der Waals surface area contributed by atoms with Gasteiger partial charge in [0.1, 0.15) is 0 Å². The molecule has 0 spiro atoms. The van der Waals surface area contributed by atoms with Crippen molar-refractivity contribution in [2.24, 2.45) is 5.92 Å². The zero-order chi connectivity index (χ0) is 11.4. The van der Waals surface area contributed by atoms with Crippen LogP contribution >= 0.6 is 46.2 Å². The van der Waals surface area contributed by atoms with E-state index in [9.17, 15) is 0 Å². The highest BCUT2D eigenvalue weighted by molar-refractivity contribution is 8.18. The molecular weight excluding hydrogens is 272 g/mol. The van der Waals surface area contributed by atoms with E-state index >= 15 is 0 Å². The minimum absolute atomic E-state index is 0.609. The minimum Gasteiger partial charge on any atom is -0.137 e. The SMILES string of the molecule is CC(C)C(Sc1cccs1)Sc1cccs1. The van der Waals surface area contributed by atoms with Gasteiger partial charge in [-0.05, 0) is 28.8 Å². The molecule has 2 aromatic rings. The van der Waals surface area contributed by atoms with Gasteiger partial charge in [-0.25, -0.2) is 0 Å². The van der Waals surface area contributed by atoms with Crippen molar-refractivity contribution >= 4 is 46.2 Å². The molecule has 0 bridgehead atoms. The first kappa shape index (κ1) is 12.6. The third-order valence-corrected chi connectivity index (χ3v) is 7.34. The molecule has 0 N–H and O–H groups in total. The predicted molar refractivity (Wildman–Crippen MR) is 79.0 cm³/mol. The topological polar surface area (TPSA) is 0 Å². The lowest BCUT2D eigenvalue weighted by atomic mass is 10.3. The molecule has 2 rings (SSSR count). The number of hydrogen-bond acceptors (Lipinski definition) is 4. The third kappa shape index (κ3) is 3.55. The lowest BCUT2D eigenvalue weighted by Crippen LogP contribution is -2.05. The van der Waals surface area contributed by atoms with Crippen molar-refractivity contribution in [2.45, 2.75) is 26.8 Å². The van der Waals surface area contributed by atoms with Crippen LogP contribution in [0, 0.1) is 5.92 Å². The van der Waals surface area contributed by atoms with Crippen molar-refractivity contribution in [2.75, 3.05) is 0 Å². The van der Waals surface area contributed by atoms with Gasteiger partial charge in [0.05, 0.1) is 13.0 Å². The van der Waals surface area contributed by atoms with Gasteiger partial charge in [0, 0.05) is 0 Å². The maximum atomic E-state index is 2.30. The van der Waals surface area contributed by atoms with Crippen LogP contribution in [0.2, 0.25) is 0 Å². The summed E-state index contributed by atoms with van der Waals surface area (Å²) in [6.45, 7) is 4.60. The molecule has 0 aliphatic heterocycles. The summed E-state index contributed by atoms with van der Waals surface area (Å²) in [5.74, 6) is 0.680. The highest BCUT2D eigenvalue weighted by Gasteiger charge is 2.17. The summed E-state index contributed by atoms with van der Waals surface area (Å²) in [7, 11) is 0. The van der Waals surface area contributed by atoms with E-state index in [0.29, 0.717) is 10.5 Å². The molecule has 0 aromatic carbocycles. The van der Waals surface area contributed by atoms with Gasteiger partial charge in [0.25, 0.3) is 0 Å². The Kier molecular flexibility index (Phi) is 4.82. The van der Waals surface area contributed by atoms with Crippen LogP contribution in [-0.4, -0.2) is 4.58 Å². The molecular formula is C12H14S4. The van der Waals surface area contributed by atoms with Gasteiger partial charge in [-0.3, -0.25) is 0 Å². The van der Waals surface area contributed by atoms with Crippen LogP contribution in [0.1, 0.15) is 13.8 Å². The highest BCUT2D eigenvalue weighted by Crippen LogP contribution is 2.42. The Morgan fingerprint density at radius 1 is 0.938 bits per heavy atom. The second kappa shape index (κ2) is 6.15. The Bertz CT molecular complexity index is 352. The van der Waals surface area contributed by atoms with Gasteiger partial charge in [-0.15, -0.1) is 46.2 Å². The lowest BCUT2D eigenvalue weighted by molar-refractivity contribution is 0.721. The summed E-state index contributed by atoms with van der Waals surface area (Å²) in [5.41, 5.74) is 0. The molecule has 86 valence electrons. The van der Waals surface area contributed by atoms with Crippen molar-refractivity contribution in [3.8, 4) is 0 Å². The molecule has 0 nitrogen and oxygen atoms in total. The lowest BCUT2D eigenvalue weighted by Gasteiger charge is -2.17. The molecule has 0 unspecified atom stereocenters. The maximum absolute atomic E-state index is 2.30. The predicted octanol–water partition coefficient (Wildman–Crippen LogP) is 5.68. The maximum Gasteiger partial charge on any atom is 0.0635 e. The second-order valence-corrected chi connectivity index (χ2v) is 8.79. The van der Waals surface area contributed by atoms with Gasteiger partial charge < -0.3 is 0 Å². The van der Waals surface area contributed by atoms with E-state index in [4.69, 9.17) is 0 Å². The Balaban J connectivity index is 2.00. The molecule has 0 amide bonds. The smallest absolute Gasteiger partial charge is 0.0635 e. The first-order valence-corrected chi connectivity index (χ1v) is 8.68. The van der Waals surface area contributed by atoms with Crippen LogP contribution in [0.5, 0.6) is 0 Å². The van der Waals surface area contributed by atoms with Crippen LogP contribution in [0.15, 0.2) is 43.4 Å². The summed E-state index contributed by atoms with van der Waals surface area (Å²) >= 11 is 7.65. The zero-order valence-electron chi connectivity index (χ0n) is 9.25. The molecule has 0 saturated carbocycles. The van der Waals surface area contributed by atoms with Crippen molar-refractivity contribution in [1.82, 2.24) is 0 Å². The molecule has 2 aromatic heterocycles. The molecule has 0 aliphatic carbocycles. The average Bonchev–Trinajstić information content (AvgIpc) is 2.88. The fourth-order valence-corrected chi connectivity index (χ4v) is 5.98. The van der Waals surface area contributed by atoms with E-state index in [1.54, 1.807) is 0 Å². The number of rotatable bonds is 5. The van der Waals surface area contributed by atoms with Crippen LogP contribution in [-0.2, 0) is 0 Å². The Morgan fingerprint density at radius 2 is 1.44 bits per heavy atom. The van der Waals surface area contributed by atoms with E-state index in [0.717, 1.165) is 0 Å². The summed E-state index contributed by atoms with van der Waals surface area (Å²) in [4.78, 5) is 0. The van der Waals surface area contributed by atoms with Crippen LogP contribution < -0.4 is 0 Å². The van der Waals surface area contributed by atoms with Crippen LogP contribution in [0.3, 0.4) is 0 Å². The summed E-state index contributed by atoms with van der Waals surface area (Å²) in [5, 5.41) is 4.30. The van der Waals surface area contributed by atoms with Crippen molar-refractivity contribution in [3.05, 3.63) is 35.0 Å². The fourth-order valence-electron chi connectivity index (χ4n) is 1.19. The largest absolute Gasteiger partial charge is 0.137 e. The Morgan fingerprint density at radius 3 is 1.75 bits per heavy atom. The number of thioether (sulfide) groups is 2. The van der Waals surface area contributed by atoms with Gasteiger partial charge in [-0.2, -0.15) is 0 Å². The first-order chi connectivity index (χ1) is 7.75. The van der Waals surface area contributed by atoms with E-state index in [-0.39, 0.29) is 0 Å². The van der Waals surface area contributed by atoms with Gasteiger partial charge >= 0.3 is 0 Å². The van der Waals surface area contributed by atoms with Crippen LogP contribution in [0.25, 0.3) is 0 Å². The third-order valence-electron chi connectivity index (χ3n) is 2.00. The average molecular weight is 287 g/mol. The second-order valence-electron chi connectivity index (χ2n) is 3.71. The molecule has 16 heavy (non-hydrogen) atoms. The summed E-state index contributed by atoms with van der Waals surface area (Å²) in [6.07, 6.45) is 0. The molecule has 0 fully saturated rings. The number of thiophene rings is 2. The monoisotopic (exact) mass is 286 g/mol. The van der Waals surface area contributed by atoms with Crippen LogP contribution in [0.4, 0.5) is 0 Å². The Hall–Kier alpha value is 0.1000. The van der Waals surface area contributed by atoms with E-state index < -0.39 is 0 Å². The van der Waals surface area contributed by atoms with Crippen molar-refractivity contribution < 1.29 is 0 Å². The van der Waals surface area contributed by atoms with E-state index in [1.807, 2.05) is 46.2 Å². The van der Waals surface area contributed by atoms with Gasteiger partial charge in [-0.1, -0.05) is 26.0 Å². The van der Waals surface area contributed by atoms with Crippen molar-refractivity contribution in [1.29, 1.82) is 0 Å². The van der Waals surface area contributed by atoms with Gasteiger partial charge in [0.15, 0.2) is 0 Å². The normalized spacial score (nSPS) is 11.5. The van der Waals surface area contributed by atoms with E-state index in [1.165, 1.54) is 8.42 Å². The Labute approximate surface area is 113 Å². The van der Waals surface area contributed by atoms with E-state index in [2.05, 4.69) is 48.9 Å². The summed E-state index contributed by atoms with van der Waals surface area (Å²) in [6, 6.07) is 8.67. The molecule has 0 atom stereocenters. The minimum atomic E-state index is 0.609. The zero-order valence-corrected chi connectivity index (χ0v) is 12.5.